The monoisotopic (exact) mass is 261 g/mol. The Morgan fingerprint density at radius 2 is 2.32 bits per heavy atom. The summed E-state index contributed by atoms with van der Waals surface area (Å²) in [5.74, 6) is 2.36. The zero-order valence-electron chi connectivity index (χ0n) is 12.2. The van der Waals surface area contributed by atoms with Crippen LogP contribution in [-0.4, -0.2) is 17.6 Å². The van der Waals surface area contributed by atoms with Crippen molar-refractivity contribution >= 4 is 5.82 Å². The molecule has 0 aromatic carbocycles. The van der Waals surface area contributed by atoms with Gasteiger partial charge in [-0.1, -0.05) is 26.3 Å². The van der Waals surface area contributed by atoms with E-state index in [4.69, 9.17) is 5.73 Å². The number of pyridine rings is 1. The maximum absolute atomic E-state index is 5.98. The summed E-state index contributed by atoms with van der Waals surface area (Å²) in [4.78, 5) is 4.20. The SMILES string of the molecule is CCCNC(Cc1cccnc1N)C1CCC(C)C1. The van der Waals surface area contributed by atoms with Gasteiger partial charge in [-0.15, -0.1) is 0 Å². The summed E-state index contributed by atoms with van der Waals surface area (Å²) in [6.45, 7) is 5.69. The number of hydrogen-bond acceptors (Lipinski definition) is 3. The predicted octanol–water partition coefficient (Wildman–Crippen LogP) is 3.01. The van der Waals surface area contributed by atoms with E-state index in [0.29, 0.717) is 11.9 Å². The minimum absolute atomic E-state index is 0.552. The number of nitrogens with two attached hydrogens (primary N) is 1. The Balaban J connectivity index is 2.03. The summed E-state index contributed by atoms with van der Waals surface area (Å²) >= 11 is 0. The molecule has 2 rings (SSSR count). The molecule has 0 amide bonds. The molecule has 3 atom stereocenters. The Morgan fingerprint density at radius 1 is 1.47 bits per heavy atom. The maximum Gasteiger partial charge on any atom is 0.126 e. The highest BCUT2D eigenvalue weighted by molar-refractivity contribution is 5.39. The van der Waals surface area contributed by atoms with Crippen molar-refractivity contribution in [3.63, 3.8) is 0 Å². The molecule has 1 heterocycles. The number of nitrogens with one attached hydrogen (secondary N) is 1. The molecule has 3 unspecified atom stereocenters. The number of nitrogen functional groups attached to an aromatic ring is 1. The van der Waals surface area contributed by atoms with Gasteiger partial charge < -0.3 is 11.1 Å². The molecule has 1 aromatic rings. The van der Waals surface area contributed by atoms with Crippen LogP contribution in [-0.2, 0) is 6.42 Å². The first-order chi connectivity index (χ1) is 9.20. The Labute approximate surface area is 117 Å². The van der Waals surface area contributed by atoms with Gasteiger partial charge in [0.2, 0.25) is 0 Å². The average Bonchev–Trinajstić information content (AvgIpc) is 2.83. The van der Waals surface area contributed by atoms with Crippen LogP contribution in [0.15, 0.2) is 18.3 Å². The second-order valence-corrected chi connectivity index (χ2v) is 5.99. The van der Waals surface area contributed by atoms with Crippen LogP contribution in [0.1, 0.15) is 45.1 Å². The van der Waals surface area contributed by atoms with Crippen LogP contribution in [0.5, 0.6) is 0 Å². The van der Waals surface area contributed by atoms with Crippen LogP contribution in [0.25, 0.3) is 0 Å². The van der Waals surface area contributed by atoms with Crippen LogP contribution in [0.2, 0.25) is 0 Å². The molecule has 3 nitrogen and oxygen atoms in total. The fourth-order valence-corrected chi connectivity index (χ4v) is 3.21. The normalized spacial score (nSPS) is 24.5. The fraction of sp³-hybridized carbons (Fsp3) is 0.688. The van der Waals surface area contributed by atoms with Gasteiger partial charge in [0.05, 0.1) is 0 Å². The molecule has 0 bridgehead atoms. The predicted molar refractivity (Wildman–Crippen MR) is 80.9 cm³/mol. The quantitative estimate of drug-likeness (QED) is 0.827. The van der Waals surface area contributed by atoms with Crippen molar-refractivity contribution < 1.29 is 0 Å². The van der Waals surface area contributed by atoms with Crippen molar-refractivity contribution in [3.05, 3.63) is 23.9 Å². The van der Waals surface area contributed by atoms with E-state index in [1.807, 2.05) is 6.07 Å². The van der Waals surface area contributed by atoms with Crippen LogP contribution in [0, 0.1) is 11.8 Å². The second-order valence-electron chi connectivity index (χ2n) is 5.99. The number of anilines is 1. The Kier molecular flexibility index (Phi) is 5.20. The van der Waals surface area contributed by atoms with Gasteiger partial charge in [-0.3, -0.25) is 0 Å². The van der Waals surface area contributed by atoms with Crippen molar-refractivity contribution in [3.8, 4) is 0 Å². The summed E-state index contributed by atoms with van der Waals surface area (Å²) in [5.41, 5.74) is 7.18. The lowest BCUT2D eigenvalue weighted by Crippen LogP contribution is -2.38. The zero-order chi connectivity index (χ0) is 13.7. The Morgan fingerprint density at radius 3 is 2.95 bits per heavy atom. The molecule has 19 heavy (non-hydrogen) atoms. The van der Waals surface area contributed by atoms with Crippen molar-refractivity contribution in [2.45, 2.75) is 52.0 Å². The molecule has 3 N–H and O–H groups in total. The van der Waals surface area contributed by atoms with Crippen LogP contribution in [0.3, 0.4) is 0 Å². The fourth-order valence-electron chi connectivity index (χ4n) is 3.21. The van der Waals surface area contributed by atoms with Gasteiger partial charge >= 0.3 is 0 Å². The molecular formula is C16H27N3. The van der Waals surface area contributed by atoms with E-state index >= 15 is 0 Å². The van der Waals surface area contributed by atoms with Gasteiger partial charge in [-0.25, -0.2) is 4.98 Å². The first-order valence-corrected chi connectivity index (χ1v) is 7.63. The third-order valence-electron chi connectivity index (χ3n) is 4.33. The van der Waals surface area contributed by atoms with Gasteiger partial charge in [0.15, 0.2) is 0 Å². The van der Waals surface area contributed by atoms with E-state index in [2.05, 4.69) is 30.2 Å². The smallest absolute Gasteiger partial charge is 0.126 e. The lowest BCUT2D eigenvalue weighted by molar-refractivity contribution is 0.348. The molecule has 3 heteroatoms. The summed E-state index contributed by atoms with van der Waals surface area (Å²) in [5, 5.41) is 3.72. The van der Waals surface area contributed by atoms with Gasteiger partial charge in [0.1, 0.15) is 5.82 Å². The van der Waals surface area contributed by atoms with Crippen LogP contribution >= 0.6 is 0 Å². The molecule has 0 spiro atoms. The standard InChI is InChI=1S/C16H27N3/c1-3-8-18-15(13-7-6-12(2)10-13)11-14-5-4-9-19-16(14)17/h4-5,9,12-13,15,18H,3,6-8,10-11H2,1-2H3,(H2,17,19). The van der Waals surface area contributed by atoms with E-state index in [1.165, 1.54) is 31.2 Å². The average molecular weight is 261 g/mol. The van der Waals surface area contributed by atoms with Gasteiger partial charge in [0, 0.05) is 12.2 Å². The van der Waals surface area contributed by atoms with Crippen LogP contribution in [0.4, 0.5) is 5.82 Å². The van der Waals surface area contributed by atoms with E-state index in [0.717, 1.165) is 24.8 Å². The van der Waals surface area contributed by atoms with Gasteiger partial charge in [-0.05, 0) is 55.7 Å². The maximum atomic E-state index is 5.98. The summed E-state index contributed by atoms with van der Waals surface area (Å²) in [6.07, 6.45) is 8.03. The Hall–Kier alpha value is -1.09. The van der Waals surface area contributed by atoms with E-state index in [1.54, 1.807) is 6.20 Å². The molecule has 1 aliphatic rings. The van der Waals surface area contributed by atoms with Crippen molar-refractivity contribution in [1.29, 1.82) is 0 Å². The van der Waals surface area contributed by atoms with Gasteiger partial charge in [0.25, 0.3) is 0 Å². The highest BCUT2D eigenvalue weighted by Gasteiger charge is 2.28. The Bertz CT molecular complexity index is 391. The third kappa shape index (κ3) is 3.93. The molecular weight excluding hydrogens is 234 g/mol. The van der Waals surface area contributed by atoms with Gasteiger partial charge in [-0.2, -0.15) is 0 Å². The van der Waals surface area contributed by atoms with E-state index < -0.39 is 0 Å². The molecule has 1 aromatic heterocycles. The molecule has 106 valence electrons. The molecule has 0 saturated heterocycles. The molecule has 0 aliphatic heterocycles. The minimum Gasteiger partial charge on any atom is -0.383 e. The van der Waals surface area contributed by atoms with Crippen molar-refractivity contribution in [2.24, 2.45) is 11.8 Å². The van der Waals surface area contributed by atoms with E-state index in [-0.39, 0.29) is 0 Å². The lowest BCUT2D eigenvalue weighted by atomic mass is 9.91. The number of rotatable bonds is 6. The highest BCUT2D eigenvalue weighted by Crippen LogP contribution is 2.34. The van der Waals surface area contributed by atoms with E-state index in [9.17, 15) is 0 Å². The molecule has 1 aliphatic carbocycles. The largest absolute Gasteiger partial charge is 0.383 e. The first-order valence-electron chi connectivity index (χ1n) is 7.63. The zero-order valence-corrected chi connectivity index (χ0v) is 12.2. The summed E-state index contributed by atoms with van der Waals surface area (Å²) in [6, 6.07) is 4.65. The number of hydrogen-bond donors (Lipinski definition) is 2. The second kappa shape index (κ2) is 6.90. The molecule has 0 radical (unpaired) electrons. The first kappa shape index (κ1) is 14.3. The number of aromatic nitrogens is 1. The minimum atomic E-state index is 0.552. The third-order valence-corrected chi connectivity index (χ3v) is 4.33. The number of nitrogens with zero attached hydrogens (tertiary/aromatic N) is 1. The topological polar surface area (TPSA) is 50.9 Å². The van der Waals surface area contributed by atoms with Crippen molar-refractivity contribution in [1.82, 2.24) is 10.3 Å². The molecule has 1 fully saturated rings. The lowest BCUT2D eigenvalue weighted by Gasteiger charge is -2.25. The van der Waals surface area contributed by atoms with Crippen LogP contribution < -0.4 is 11.1 Å². The summed E-state index contributed by atoms with van der Waals surface area (Å²) in [7, 11) is 0. The molecule has 1 saturated carbocycles. The van der Waals surface area contributed by atoms with Crippen molar-refractivity contribution in [2.75, 3.05) is 12.3 Å². The highest BCUT2D eigenvalue weighted by atomic mass is 14.9. The summed E-state index contributed by atoms with van der Waals surface area (Å²) < 4.78 is 0.